The number of nitrogens with one attached hydrogen (secondary N) is 1. The van der Waals surface area contributed by atoms with Crippen LogP contribution in [0.4, 0.5) is 0 Å². The monoisotopic (exact) mass is 536 g/mol. The minimum absolute atomic E-state index is 0.0728. The smallest absolute Gasteiger partial charge is 0.326 e. The Morgan fingerprint density at radius 3 is 2.33 bits per heavy atom. The summed E-state index contributed by atoms with van der Waals surface area (Å²) >= 11 is 0. The molecule has 3 rings (SSSR count). The summed E-state index contributed by atoms with van der Waals surface area (Å²) in [7, 11) is 0. The summed E-state index contributed by atoms with van der Waals surface area (Å²) in [6.45, 7) is 8.13. The molecule has 0 aromatic heterocycles. The summed E-state index contributed by atoms with van der Waals surface area (Å²) in [5.74, 6) is -0.897. The highest BCUT2D eigenvalue weighted by Crippen LogP contribution is 2.28. The van der Waals surface area contributed by atoms with E-state index < -0.39 is 23.7 Å². The molecule has 1 aliphatic heterocycles. The third-order valence-electron chi connectivity index (χ3n) is 6.86. The first-order valence-corrected chi connectivity index (χ1v) is 14.2. The summed E-state index contributed by atoms with van der Waals surface area (Å²) in [6, 6.07) is 18.8. The van der Waals surface area contributed by atoms with Gasteiger partial charge in [0.25, 0.3) is 0 Å². The molecule has 0 aliphatic carbocycles. The largest absolute Gasteiger partial charge is 0.465 e. The Morgan fingerprint density at radius 1 is 1.03 bits per heavy atom. The summed E-state index contributed by atoms with van der Waals surface area (Å²) in [5.41, 5.74) is 1.60. The van der Waals surface area contributed by atoms with E-state index in [4.69, 9.17) is 9.47 Å². The van der Waals surface area contributed by atoms with Gasteiger partial charge in [0.15, 0.2) is 0 Å². The van der Waals surface area contributed by atoms with Crippen LogP contribution in [-0.4, -0.2) is 60.1 Å². The molecule has 7 heteroatoms. The van der Waals surface area contributed by atoms with E-state index in [1.807, 2.05) is 76.2 Å². The van der Waals surface area contributed by atoms with Crippen molar-refractivity contribution in [1.29, 1.82) is 0 Å². The van der Waals surface area contributed by atoms with Gasteiger partial charge in [-0.3, -0.25) is 19.7 Å². The molecule has 1 saturated heterocycles. The van der Waals surface area contributed by atoms with E-state index >= 15 is 0 Å². The SMILES string of the molecule is CCCCOC(=O)[C@@H](CCc1ccccc1)NC1CCC(c2ccccc2)CN(CC(=O)OC(C)(C)C)C1=O. The second-order valence-corrected chi connectivity index (χ2v) is 11.3. The molecule has 212 valence electrons. The highest BCUT2D eigenvalue weighted by molar-refractivity contribution is 5.87. The van der Waals surface area contributed by atoms with Gasteiger partial charge in [0.05, 0.1) is 12.6 Å². The van der Waals surface area contributed by atoms with Gasteiger partial charge in [-0.25, -0.2) is 0 Å². The van der Waals surface area contributed by atoms with Gasteiger partial charge in [-0.1, -0.05) is 74.0 Å². The van der Waals surface area contributed by atoms with Crippen LogP contribution in [-0.2, 0) is 30.3 Å². The van der Waals surface area contributed by atoms with Gasteiger partial charge in [-0.05, 0) is 64.0 Å². The Balaban J connectivity index is 1.80. The lowest BCUT2D eigenvalue weighted by Crippen LogP contribution is -2.53. The van der Waals surface area contributed by atoms with Gasteiger partial charge >= 0.3 is 11.9 Å². The van der Waals surface area contributed by atoms with Crippen molar-refractivity contribution < 1.29 is 23.9 Å². The molecular weight excluding hydrogens is 492 g/mol. The van der Waals surface area contributed by atoms with Crippen molar-refractivity contribution in [2.45, 2.75) is 89.8 Å². The number of unbranched alkanes of at least 4 members (excludes halogenated alkanes) is 1. The van der Waals surface area contributed by atoms with Gasteiger partial charge in [0, 0.05) is 12.5 Å². The maximum absolute atomic E-state index is 13.8. The number of carbonyl (C=O) groups excluding carboxylic acids is 3. The molecular formula is C32H44N2O5. The highest BCUT2D eigenvalue weighted by atomic mass is 16.6. The number of benzene rings is 2. The van der Waals surface area contributed by atoms with Crippen LogP contribution in [0.5, 0.6) is 0 Å². The number of ether oxygens (including phenoxy) is 2. The van der Waals surface area contributed by atoms with Crippen LogP contribution in [0.25, 0.3) is 0 Å². The number of rotatable bonds is 12. The molecule has 1 N–H and O–H groups in total. The van der Waals surface area contributed by atoms with Gasteiger partial charge in [-0.15, -0.1) is 0 Å². The van der Waals surface area contributed by atoms with E-state index in [2.05, 4.69) is 17.4 Å². The summed E-state index contributed by atoms with van der Waals surface area (Å²) < 4.78 is 11.1. The molecule has 0 saturated carbocycles. The number of nitrogens with zero attached hydrogens (tertiary/aromatic N) is 1. The van der Waals surface area contributed by atoms with E-state index in [0.717, 1.165) is 30.4 Å². The van der Waals surface area contributed by atoms with E-state index in [-0.39, 0.29) is 24.3 Å². The predicted octanol–water partition coefficient (Wildman–Crippen LogP) is 5.04. The third-order valence-corrected chi connectivity index (χ3v) is 6.86. The van der Waals surface area contributed by atoms with Gasteiger partial charge in [-0.2, -0.15) is 0 Å². The van der Waals surface area contributed by atoms with Gasteiger partial charge < -0.3 is 14.4 Å². The van der Waals surface area contributed by atoms with E-state index in [1.54, 1.807) is 4.90 Å². The fourth-order valence-electron chi connectivity index (χ4n) is 4.87. The van der Waals surface area contributed by atoms with Crippen molar-refractivity contribution in [2.24, 2.45) is 0 Å². The average Bonchev–Trinajstić information content (AvgIpc) is 3.05. The van der Waals surface area contributed by atoms with Crippen molar-refractivity contribution in [3.05, 3.63) is 71.8 Å². The van der Waals surface area contributed by atoms with Gasteiger partial charge in [0.1, 0.15) is 18.2 Å². The lowest BCUT2D eigenvalue weighted by Gasteiger charge is -2.29. The first-order valence-electron chi connectivity index (χ1n) is 14.2. The Hall–Kier alpha value is -3.19. The molecule has 0 spiro atoms. The number of hydrogen-bond acceptors (Lipinski definition) is 6. The Labute approximate surface area is 233 Å². The molecule has 0 radical (unpaired) electrons. The molecule has 2 aromatic carbocycles. The predicted molar refractivity (Wildman–Crippen MR) is 152 cm³/mol. The number of amides is 1. The van der Waals surface area contributed by atoms with Crippen LogP contribution in [0, 0.1) is 0 Å². The molecule has 1 heterocycles. The zero-order valence-corrected chi connectivity index (χ0v) is 23.9. The fourth-order valence-corrected chi connectivity index (χ4v) is 4.87. The van der Waals surface area contributed by atoms with Crippen LogP contribution in [0.1, 0.15) is 76.8 Å². The normalized spacial score (nSPS) is 18.8. The number of aryl methyl sites for hydroxylation is 1. The topological polar surface area (TPSA) is 84.9 Å². The Bertz CT molecular complexity index is 1050. The Kier molecular flexibility index (Phi) is 11.5. The first kappa shape index (κ1) is 30.4. The number of likely N-dealkylation sites (tertiary alicyclic amines) is 1. The molecule has 39 heavy (non-hydrogen) atoms. The first-order chi connectivity index (χ1) is 18.7. The maximum atomic E-state index is 13.8. The standard InChI is InChI=1S/C32H44N2O5/c1-5-6-21-38-31(37)28(19-17-24-13-9-7-10-14-24)33-27-20-18-26(25-15-11-8-12-16-25)22-34(30(27)36)23-29(35)39-32(2,3)4/h7-16,26-28,33H,5-6,17-23H2,1-4H3/t26?,27?,28-/m1/s1. The molecule has 3 atom stereocenters. The molecule has 7 nitrogen and oxygen atoms in total. The summed E-state index contributed by atoms with van der Waals surface area (Å²) in [6.07, 6.45) is 4.20. The summed E-state index contributed by atoms with van der Waals surface area (Å²) in [4.78, 5) is 41.3. The minimum Gasteiger partial charge on any atom is -0.465 e. The number of hydrogen-bond donors (Lipinski definition) is 1. The lowest BCUT2D eigenvalue weighted by atomic mass is 9.93. The zero-order chi connectivity index (χ0) is 28.3. The Morgan fingerprint density at radius 2 is 1.69 bits per heavy atom. The molecule has 2 aromatic rings. The van der Waals surface area contributed by atoms with E-state index in [9.17, 15) is 14.4 Å². The van der Waals surface area contributed by atoms with Crippen molar-refractivity contribution in [2.75, 3.05) is 19.7 Å². The van der Waals surface area contributed by atoms with Crippen LogP contribution >= 0.6 is 0 Å². The van der Waals surface area contributed by atoms with Crippen molar-refractivity contribution in [3.63, 3.8) is 0 Å². The minimum atomic E-state index is -0.646. The summed E-state index contributed by atoms with van der Waals surface area (Å²) in [5, 5.41) is 3.35. The average molecular weight is 537 g/mol. The second-order valence-electron chi connectivity index (χ2n) is 11.3. The molecule has 0 bridgehead atoms. The van der Waals surface area contributed by atoms with Crippen LogP contribution in [0.3, 0.4) is 0 Å². The molecule has 1 amide bonds. The van der Waals surface area contributed by atoms with Crippen molar-refractivity contribution in [3.8, 4) is 0 Å². The van der Waals surface area contributed by atoms with Crippen molar-refractivity contribution in [1.82, 2.24) is 10.2 Å². The fraction of sp³-hybridized carbons (Fsp3) is 0.531. The van der Waals surface area contributed by atoms with E-state index in [0.29, 0.717) is 32.4 Å². The second kappa shape index (κ2) is 14.8. The van der Waals surface area contributed by atoms with Crippen LogP contribution < -0.4 is 5.32 Å². The van der Waals surface area contributed by atoms with Crippen molar-refractivity contribution >= 4 is 17.8 Å². The molecule has 1 fully saturated rings. The number of esters is 2. The quantitative estimate of drug-likeness (QED) is 0.302. The number of carbonyl (C=O) groups is 3. The molecule has 2 unspecified atom stereocenters. The van der Waals surface area contributed by atoms with Gasteiger partial charge in [0.2, 0.25) is 5.91 Å². The van der Waals surface area contributed by atoms with Crippen LogP contribution in [0.2, 0.25) is 0 Å². The zero-order valence-electron chi connectivity index (χ0n) is 23.9. The lowest BCUT2D eigenvalue weighted by molar-refractivity contribution is -0.159. The highest BCUT2D eigenvalue weighted by Gasteiger charge is 2.36. The van der Waals surface area contributed by atoms with Crippen LogP contribution in [0.15, 0.2) is 60.7 Å². The maximum Gasteiger partial charge on any atom is 0.326 e. The van der Waals surface area contributed by atoms with E-state index in [1.165, 1.54) is 0 Å². The molecule has 1 aliphatic rings. The third kappa shape index (κ3) is 10.1.